The molecule has 37 heavy (non-hydrogen) atoms. The summed E-state index contributed by atoms with van der Waals surface area (Å²) in [5.74, 6) is 0.118. The molecule has 188 valence electrons. The maximum Gasteiger partial charge on any atom is 0.270 e. The lowest BCUT2D eigenvalue weighted by atomic mass is 10.1. The van der Waals surface area contributed by atoms with E-state index in [1.165, 1.54) is 47.8 Å². The Labute approximate surface area is 225 Å². The minimum absolute atomic E-state index is 0.162. The quantitative estimate of drug-likeness (QED) is 0.134. The SMILES string of the molecule is CCSc1nsc(NC(=O)C(Sc2cccc(NC(=O)c3cccc([N+](=O)[O-])c3)c2)c2ccccc2)n1. The number of benzene rings is 3. The molecule has 9 nitrogen and oxygen atoms in total. The highest BCUT2D eigenvalue weighted by atomic mass is 32.2. The summed E-state index contributed by atoms with van der Waals surface area (Å²) >= 11 is 3.96. The molecule has 1 atom stereocenters. The van der Waals surface area contributed by atoms with Gasteiger partial charge in [-0.1, -0.05) is 61.2 Å². The smallest absolute Gasteiger partial charge is 0.270 e. The summed E-state index contributed by atoms with van der Waals surface area (Å²) in [7, 11) is 0. The van der Waals surface area contributed by atoms with E-state index in [4.69, 9.17) is 0 Å². The lowest BCUT2D eigenvalue weighted by molar-refractivity contribution is -0.384. The first kappa shape index (κ1) is 26.3. The van der Waals surface area contributed by atoms with Crippen LogP contribution in [0.1, 0.15) is 28.1 Å². The second-order valence-electron chi connectivity index (χ2n) is 7.50. The van der Waals surface area contributed by atoms with Crippen LogP contribution in [-0.2, 0) is 4.79 Å². The van der Waals surface area contributed by atoms with Gasteiger partial charge in [0.25, 0.3) is 11.6 Å². The van der Waals surface area contributed by atoms with Crippen molar-refractivity contribution in [1.29, 1.82) is 0 Å². The van der Waals surface area contributed by atoms with Crippen LogP contribution < -0.4 is 10.6 Å². The molecular weight excluding hydrogens is 531 g/mol. The van der Waals surface area contributed by atoms with Crippen molar-refractivity contribution in [2.24, 2.45) is 0 Å². The van der Waals surface area contributed by atoms with E-state index in [1.807, 2.05) is 43.3 Å². The Kier molecular flexibility index (Phi) is 8.88. The Morgan fingerprint density at radius 2 is 1.81 bits per heavy atom. The Bertz CT molecular complexity index is 1410. The molecule has 0 fully saturated rings. The van der Waals surface area contributed by atoms with Crippen LogP contribution in [0.25, 0.3) is 0 Å². The van der Waals surface area contributed by atoms with E-state index in [2.05, 4.69) is 20.0 Å². The van der Waals surface area contributed by atoms with Crippen LogP contribution in [0.4, 0.5) is 16.5 Å². The minimum atomic E-state index is -0.588. The molecule has 12 heteroatoms. The Balaban J connectivity index is 1.52. The van der Waals surface area contributed by atoms with Gasteiger partial charge < -0.3 is 5.32 Å². The van der Waals surface area contributed by atoms with Gasteiger partial charge in [0, 0.05) is 39.8 Å². The number of anilines is 2. The fourth-order valence-electron chi connectivity index (χ4n) is 3.27. The highest BCUT2D eigenvalue weighted by molar-refractivity contribution is 8.00. The zero-order valence-corrected chi connectivity index (χ0v) is 21.9. The highest BCUT2D eigenvalue weighted by Crippen LogP contribution is 2.37. The maximum atomic E-state index is 13.3. The van der Waals surface area contributed by atoms with E-state index >= 15 is 0 Å². The Hall–Kier alpha value is -3.74. The average Bonchev–Trinajstić information content (AvgIpc) is 3.35. The van der Waals surface area contributed by atoms with Crippen molar-refractivity contribution in [3.05, 3.63) is 100 Å². The maximum absolute atomic E-state index is 13.3. The number of rotatable bonds is 10. The molecule has 3 aromatic carbocycles. The van der Waals surface area contributed by atoms with Gasteiger partial charge in [0.15, 0.2) is 0 Å². The summed E-state index contributed by atoms with van der Waals surface area (Å²) in [5.41, 5.74) is 1.32. The number of non-ortho nitro benzene ring substituents is 1. The van der Waals surface area contributed by atoms with Crippen molar-refractivity contribution < 1.29 is 14.5 Å². The first-order valence-corrected chi connectivity index (χ1v) is 13.7. The molecule has 0 bridgehead atoms. The van der Waals surface area contributed by atoms with Gasteiger partial charge in [0.1, 0.15) is 5.25 Å². The summed E-state index contributed by atoms with van der Waals surface area (Å²) in [6.07, 6.45) is 0. The minimum Gasteiger partial charge on any atom is -0.322 e. The number of amides is 2. The second kappa shape index (κ2) is 12.5. The normalized spacial score (nSPS) is 11.5. The number of aromatic nitrogens is 2. The molecule has 1 heterocycles. The van der Waals surface area contributed by atoms with E-state index in [-0.39, 0.29) is 17.2 Å². The van der Waals surface area contributed by atoms with Crippen LogP contribution >= 0.6 is 35.1 Å². The van der Waals surface area contributed by atoms with E-state index in [9.17, 15) is 19.7 Å². The third-order valence-corrected chi connectivity index (χ3v) is 7.64. The number of carbonyl (C=O) groups excluding carboxylic acids is 2. The summed E-state index contributed by atoms with van der Waals surface area (Å²) < 4.78 is 4.25. The van der Waals surface area contributed by atoms with Crippen molar-refractivity contribution in [1.82, 2.24) is 9.36 Å². The zero-order valence-electron chi connectivity index (χ0n) is 19.5. The lowest BCUT2D eigenvalue weighted by Gasteiger charge is -2.16. The van der Waals surface area contributed by atoms with E-state index in [0.717, 1.165) is 27.7 Å². The molecule has 0 saturated heterocycles. The van der Waals surface area contributed by atoms with E-state index < -0.39 is 16.1 Å². The van der Waals surface area contributed by atoms with Crippen LogP contribution in [-0.4, -0.2) is 31.8 Å². The van der Waals surface area contributed by atoms with Gasteiger partial charge >= 0.3 is 0 Å². The van der Waals surface area contributed by atoms with Gasteiger partial charge in [-0.05, 0) is 35.6 Å². The average molecular weight is 552 g/mol. The lowest BCUT2D eigenvalue weighted by Crippen LogP contribution is -2.19. The largest absolute Gasteiger partial charge is 0.322 e. The fraction of sp³-hybridized carbons (Fsp3) is 0.120. The molecule has 4 aromatic rings. The molecule has 1 aromatic heterocycles. The fourth-order valence-corrected chi connectivity index (χ4v) is 5.62. The van der Waals surface area contributed by atoms with Crippen molar-refractivity contribution in [2.75, 3.05) is 16.4 Å². The van der Waals surface area contributed by atoms with Crippen LogP contribution in [0.5, 0.6) is 0 Å². The van der Waals surface area contributed by atoms with Crippen molar-refractivity contribution in [3.8, 4) is 0 Å². The first-order valence-electron chi connectivity index (χ1n) is 11.1. The van der Waals surface area contributed by atoms with Crippen LogP contribution in [0, 0.1) is 10.1 Å². The van der Waals surface area contributed by atoms with Gasteiger partial charge in [-0.15, -0.1) is 11.8 Å². The molecule has 4 rings (SSSR count). The van der Waals surface area contributed by atoms with Crippen molar-refractivity contribution in [3.63, 3.8) is 0 Å². The number of nitrogens with zero attached hydrogens (tertiary/aromatic N) is 3. The second-order valence-corrected chi connectivity index (χ2v) is 10.7. The predicted octanol–water partition coefficient (Wildman–Crippen LogP) is 6.28. The predicted molar refractivity (Wildman–Crippen MR) is 147 cm³/mol. The molecule has 0 aliphatic rings. The summed E-state index contributed by atoms with van der Waals surface area (Å²) in [5, 5.41) is 17.1. The van der Waals surface area contributed by atoms with Crippen LogP contribution in [0.3, 0.4) is 0 Å². The standard InChI is InChI=1S/C25H21N5O4S3/c1-2-35-25-28-24(37-29-25)27-23(32)21(16-8-4-3-5-9-16)36-20-13-7-11-18(15-20)26-22(31)17-10-6-12-19(14-17)30(33)34/h3-15,21H,2H2,1H3,(H,26,31)(H,27,28,29,32). The van der Waals surface area contributed by atoms with Crippen molar-refractivity contribution in [2.45, 2.75) is 22.2 Å². The number of nitro benzene ring substituents is 1. The molecule has 0 aliphatic heterocycles. The molecule has 2 amide bonds. The number of hydrogen-bond acceptors (Lipinski definition) is 9. The van der Waals surface area contributed by atoms with E-state index in [0.29, 0.717) is 16.0 Å². The monoisotopic (exact) mass is 551 g/mol. The number of nitro groups is 1. The summed E-state index contributed by atoms with van der Waals surface area (Å²) in [6.45, 7) is 2.01. The van der Waals surface area contributed by atoms with Crippen molar-refractivity contribution >= 4 is 63.4 Å². The molecule has 0 spiro atoms. The molecule has 0 aliphatic carbocycles. The summed E-state index contributed by atoms with van der Waals surface area (Å²) in [4.78, 5) is 41.6. The Morgan fingerprint density at radius 1 is 1.03 bits per heavy atom. The van der Waals surface area contributed by atoms with Gasteiger partial charge in [-0.3, -0.25) is 25.0 Å². The third-order valence-electron chi connectivity index (χ3n) is 4.92. The summed E-state index contributed by atoms with van der Waals surface area (Å²) in [6, 6.07) is 22.0. The number of hydrogen-bond donors (Lipinski definition) is 2. The number of carbonyl (C=O) groups is 2. The Morgan fingerprint density at radius 3 is 2.57 bits per heavy atom. The third kappa shape index (κ3) is 7.15. The highest BCUT2D eigenvalue weighted by Gasteiger charge is 2.24. The van der Waals surface area contributed by atoms with Crippen LogP contribution in [0.15, 0.2) is 88.9 Å². The molecule has 0 saturated carbocycles. The molecule has 2 N–H and O–H groups in total. The van der Waals surface area contributed by atoms with Gasteiger partial charge in [-0.2, -0.15) is 9.36 Å². The molecule has 0 radical (unpaired) electrons. The van der Waals surface area contributed by atoms with E-state index in [1.54, 1.807) is 18.2 Å². The molecule has 1 unspecified atom stereocenters. The van der Waals surface area contributed by atoms with Gasteiger partial charge in [-0.25, -0.2) is 0 Å². The van der Waals surface area contributed by atoms with Gasteiger partial charge in [0.05, 0.1) is 4.92 Å². The molecular formula is C25H21N5O4S3. The van der Waals surface area contributed by atoms with Gasteiger partial charge in [0.2, 0.25) is 16.2 Å². The first-order chi connectivity index (χ1) is 17.9. The topological polar surface area (TPSA) is 127 Å². The zero-order chi connectivity index (χ0) is 26.2. The van der Waals surface area contributed by atoms with Crippen LogP contribution in [0.2, 0.25) is 0 Å². The number of nitrogens with one attached hydrogen (secondary N) is 2. The number of thioether (sulfide) groups is 2.